The first-order valence-corrected chi connectivity index (χ1v) is 11.3. The second-order valence-corrected chi connectivity index (χ2v) is 8.66. The summed E-state index contributed by atoms with van der Waals surface area (Å²) < 4.78 is 0. The van der Waals surface area contributed by atoms with Crippen LogP contribution in [0.15, 0.2) is 66.9 Å². The number of fused-ring (bicyclic) bond motifs is 1. The van der Waals surface area contributed by atoms with Crippen LogP contribution in [0.5, 0.6) is 0 Å². The summed E-state index contributed by atoms with van der Waals surface area (Å²) >= 11 is 5.87. The van der Waals surface area contributed by atoms with Gasteiger partial charge in [0.15, 0.2) is 0 Å². The van der Waals surface area contributed by atoms with E-state index in [1.165, 1.54) is 6.20 Å². The van der Waals surface area contributed by atoms with E-state index in [4.69, 9.17) is 16.9 Å². The molecule has 4 aromatic rings. The molecule has 4 rings (SSSR count). The molecule has 1 heterocycles. The second kappa shape index (κ2) is 10.3. The molecular weight excluding hydrogens is 462 g/mol. The highest BCUT2D eigenvalue weighted by atomic mass is 35.5. The van der Waals surface area contributed by atoms with Gasteiger partial charge in [0.25, 0.3) is 11.8 Å². The number of aryl methyl sites for hydroxylation is 1. The van der Waals surface area contributed by atoms with Crippen molar-refractivity contribution in [2.75, 3.05) is 10.6 Å². The summed E-state index contributed by atoms with van der Waals surface area (Å²) in [4.78, 5) is 34.1. The number of hydrogen-bond donors (Lipinski definition) is 2. The van der Waals surface area contributed by atoms with Crippen LogP contribution >= 0.6 is 11.6 Å². The maximum atomic E-state index is 12.9. The average Bonchev–Trinajstić information content (AvgIpc) is 2.85. The van der Waals surface area contributed by atoms with Gasteiger partial charge < -0.3 is 10.6 Å². The molecule has 0 aliphatic heterocycles. The minimum atomic E-state index is -0.311. The first-order chi connectivity index (χ1) is 16.8. The first kappa shape index (κ1) is 23.9. The lowest BCUT2D eigenvalue weighted by Crippen LogP contribution is -2.15. The summed E-state index contributed by atoms with van der Waals surface area (Å²) in [7, 11) is 0. The summed E-state index contributed by atoms with van der Waals surface area (Å²) in [6.07, 6.45) is 2.01. The van der Waals surface area contributed by atoms with E-state index in [1.807, 2.05) is 26.0 Å². The van der Waals surface area contributed by atoms with Gasteiger partial charge in [-0.25, -0.2) is 4.98 Å². The standard InChI is InChI=1S/C27H22ClN5O2/c1-16(14-29)10-18-4-3-5-19(11-18)26(34)31-21-8-6-17(2)23(13-21)33-27(35)20-7-9-22-24(12-20)30-15-25(28)32-22/h3-9,11-13,15-16H,10H2,1-2H3,(H,31,34)(H,33,35). The van der Waals surface area contributed by atoms with E-state index < -0.39 is 0 Å². The van der Waals surface area contributed by atoms with Crippen molar-refractivity contribution in [3.63, 3.8) is 0 Å². The zero-order valence-corrected chi connectivity index (χ0v) is 19.9. The van der Waals surface area contributed by atoms with Crippen LogP contribution in [0.25, 0.3) is 11.0 Å². The predicted molar refractivity (Wildman–Crippen MR) is 137 cm³/mol. The molecule has 1 atom stereocenters. The van der Waals surface area contributed by atoms with Crippen LogP contribution in [-0.2, 0) is 6.42 Å². The van der Waals surface area contributed by atoms with Gasteiger partial charge in [-0.2, -0.15) is 5.26 Å². The van der Waals surface area contributed by atoms with Crippen molar-refractivity contribution in [2.24, 2.45) is 5.92 Å². The fourth-order valence-electron chi connectivity index (χ4n) is 3.60. The van der Waals surface area contributed by atoms with Crippen LogP contribution in [-0.4, -0.2) is 21.8 Å². The summed E-state index contributed by atoms with van der Waals surface area (Å²) in [5, 5.41) is 15.1. The number of carbonyl (C=O) groups is 2. The smallest absolute Gasteiger partial charge is 0.255 e. The van der Waals surface area contributed by atoms with Gasteiger partial charge in [-0.3, -0.25) is 14.6 Å². The fourth-order valence-corrected chi connectivity index (χ4v) is 3.74. The third-order valence-corrected chi connectivity index (χ3v) is 5.65. The van der Waals surface area contributed by atoms with Crippen molar-refractivity contribution in [2.45, 2.75) is 20.3 Å². The van der Waals surface area contributed by atoms with Gasteiger partial charge in [-0.05, 0) is 73.9 Å². The lowest BCUT2D eigenvalue weighted by molar-refractivity contribution is 0.101. The predicted octanol–water partition coefficient (Wildman–Crippen LogP) is 5.80. The monoisotopic (exact) mass is 483 g/mol. The van der Waals surface area contributed by atoms with Crippen LogP contribution in [0.4, 0.5) is 11.4 Å². The molecular formula is C27H22ClN5O2. The number of nitrogens with one attached hydrogen (secondary N) is 2. The maximum Gasteiger partial charge on any atom is 0.255 e. The van der Waals surface area contributed by atoms with Gasteiger partial charge in [-0.1, -0.05) is 29.8 Å². The van der Waals surface area contributed by atoms with E-state index in [-0.39, 0.29) is 22.9 Å². The molecule has 3 aromatic carbocycles. The number of amides is 2. The largest absolute Gasteiger partial charge is 0.322 e. The van der Waals surface area contributed by atoms with Crippen LogP contribution in [0, 0.1) is 24.2 Å². The van der Waals surface area contributed by atoms with E-state index in [2.05, 4.69) is 26.7 Å². The van der Waals surface area contributed by atoms with Crippen molar-refractivity contribution >= 4 is 45.8 Å². The number of carbonyl (C=O) groups excluding carboxylic acids is 2. The van der Waals surface area contributed by atoms with E-state index in [0.717, 1.165) is 11.1 Å². The SMILES string of the molecule is Cc1ccc(NC(=O)c2cccc(CC(C)C#N)c2)cc1NC(=O)c1ccc2nc(Cl)cnc2c1. The fraction of sp³-hybridized carbons (Fsp3) is 0.148. The van der Waals surface area contributed by atoms with Crippen LogP contribution in [0.3, 0.4) is 0 Å². The second-order valence-electron chi connectivity index (χ2n) is 8.27. The van der Waals surface area contributed by atoms with Gasteiger partial charge in [0.2, 0.25) is 0 Å². The summed E-state index contributed by atoms with van der Waals surface area (Å²) in [6, 6.07) is 19.7. The molecule has 0 saturated carbocycles. The Morgan fingerprint density at radius 2 is 1.77 bits per heavy atom. The minimum Gasteiger partial charge on any atom is -0.322 e. The summed E-state index contributed by atoms with van der Waals surface area (Å²) in [6.45, 7) is 3.71. The quantitative estimate of drug-likeness (QED) is 0.360. The molecule has 0 aliphatic carbocycles. The number of hydrogen-bond acceptors (Lipinski definition) is 5. The van der Waals surface area contributed by atoms with E-state index >= 15 is 0 Å². The number of nitrogens with zero attached hydrogens (tertiary/aromatic N) is 3. The molecule has 0 spiro atoms. The summed E-state index contributed by atoms with van der Waals surface area (Å²) in [5.74, 6) is -0.720. The van der Waals surface area contributed by atoms with Gasteiger partial charge in [-0.15, -0.1) is 0 Å². The van der Waals surface area contributed by atoms with Gasteiger partial charge in [0, 0.05) is 28.4 Å². The molecule has 35 heavy (non-hydrogen) atoms. The highest BCUT2D eigenvalue weighted by Gasteiger charge is 2.13. The van der Waals surface area contributed by atoms with Crippen molar-refractivity contribution in [1.29, 1.82) is 5.26 Å². The molecule has 8 heteroatoms. The van der Waals surface area contributed by atoms with Crippen molar-refractivity contribution in [1.82, 2.24) is 9.97 Å². The Labute approximate surface area is 207 Å². The molecule has 2 amide bonds. The highest BCUT2D eigenvalue weighted by Crippen LogP contribution is 2.23. The molecule has 0 saturated heterocycles. The molecule has 1 unspecified atom stereocenters. The number of nitriles is 1. The Bertz CT molecular complexity index is 1480. The van der Waals surface area contributed by atoms with Crippen LogP contribution in [0.2, 0.25) is 5.15 Å². The number of anilines is 2. The molecule has 7 nitrogen and oxygen atoms in total. The van der Waals surface area contributed by atoms with Gasteiger partial charge >= 0.3 is 0 Å². The average molecular weight is 484 g/mol. The maximum absolute atomic E-state index is 12.9. The third-order valence-electron chi connectivity index (χ3n) is 5.47. The lowest BCUT2D eigenvalue weighted by Gasteiger charge is -2.12. The molecule has 0 aliphatic rings. The Morgan fingerprint density at radius 3 is 2.57 bits per heavy atom. The van der Waals surface area contributed by atoms with Crippen LogP contribution in [0.1, 0.15) is 38.8 Å². The Hall–Kier alpha value is -4.28. The topological polar surface area (TPSA) is 108 Å². The van der Waals surface area contributed by atoms with Gasteiger partial charge in [0.05, 0.1) is 23.3 Å². The highest BCUT2D eigenvalue weighted by molar-refractivity contribution is 6.29. The van der Waals surface area contributed by atoms with Crippen molar-refractivity contribution in [3.8, 4) is 6.07 Å². The zero-order valence-electron chi connectivity index (χ0n) is 19.2. The van der Waals surface area contributed by atoms with E-state index in [1.54, 1.807) is 48.5 Å². The molecule has 174 valence electrons. The normalized spacial score (nSPS) is 11.5. The van der Waals surface area contributed by atoms with Crippen molar-refractivity contribution in [3.05, 3.63) is 94.3 Å². The minimum absolute atomic E-state index is 0.135. The van der Waals surface area contributed by atoms with E-state index in [0.29, 0.717) is 40.0 Å². The lowest BCUT2D eigenvalue weighted by atomic mass is 10.0. The number of rotatable bonds is 6. The van der Waals surface area contributed by atoms with Gasteiger partial charge in [0.1, 0.15) is 5.15 Å². The third kappa shape index (κ3) is 5.81. The Kier molecular flexibility index (Phi) is 7.04. The van der Waals surface area contributed by atoms with Crippen LogP contribution < -0.4 is 10.6 Å². The summed E-state index contributed by atoms with van der Waals surface area (Å²) in [5.41, 5.74) is 4.97. The molecule has 0 radical (unpaired) electrons. The van der Waals surface area contributed by atoms with E-state index in [9.17, 15) is 9.59 Å². The number of halogens is 1. The van der Waals surface area contributed by atoms with Crippen molar-refractivity contribution < 1.29 is 9.59 Å². The zero-order chi connectivity index (χ0) is 24.9. The number of aromatic nitrogens is 2. The first-order valence-electron chi connectivity index (χ1n) is 11.0. The molecule has 0 bridgehead atoms. The number of benzene rings is 3. The Balaban J connectivity index is 1.49. The molecule has 2 N–H and O–H groups in total. The molecule has 1 aromatic heterocycles. The Morgan fingerprint density at radius 1 is 1.00 bits per heavy atom. The molecule has 0 fully saturated rings.